The molecule has 5 heteroatoms. The van der Waals surface area contributed by atoms with Crippen LogP contribution in [0.2, 0.25) is 0 Å². The highest BCUT2D eigenvalue weighted by Crippen LogP contribution is 2.16. The molecule has 0 radical (unpaired) electrons. The zero-order valence-corrected chi connectivity index (χ0v) is 9.31. The Morgan fingerprint density at radius 1 is 1.69 bits per heavy atom. The van der Waals surface area contributed by atoms with Gasteiger partial charge in [-0.3, -0.25) is 9.78 Å². The standard InChI is InChI=1S/C11H16N4O/c1-8-7-15(5-4-13-8)9-2-3-14-10(6-9)11(12)16/h2-3,6,8,13H,4-5,7H2,1H3,(H2,12,16)/t8-/m1/s1. The Bertz CT molecular complexity index is 393. The first-order valence-corrected chi connectivity index (χ1v) is 5.41. The van der Waals surface area contributed by atoms with Gasteiger partial charge >= 0.3 is 0 Å². The predicted octanol–water partition coefficient (Wildman–Crippen LogP) is -0.0214. The summed E-state index contributed by atoms with van der Waals surface area (Å²) in [6.07, 6.45) is 1.63. The Kier molecular flexibility index (Phi) is 3.05. The molecule has 2 heterocycles. The maximum Gasteiger partial charge on any atom is 0.267 e. The van der Waals surface area contributed by atoms with Crippen molar-refractivity contribution in [1.82, 2.24) is 10.3 Å². The normalized spacial score (nSPS) is 20.8. The molecule has 1 aliphatic heterocycles. The van der Waals surface area contributed by atoms with Crippen LogP contribution in [0.5, 0.6) is 0 Å². The average molecular weight is 220 g/mol. The molecule has 1 atom stereocenters. The Hall–Kier alpha value is -1.62. The summed E-state index contributed by atoms with van der Waals surface area (Å²) in [4.78, 5) is 17.2. The molecule has 1 amide bonds. The van der Waals surface area contributed by atoms with Gasteiger partial charge in [-0.2, -0.15) is 0 Å². The van der Waals surface area contributed by atoms with Gasteiger partial charge in [0.15, 0.2) is 0 Å². The average Bonchev–Trinajstić information content (AvgIpc) is 2.29. The molecular formula is C11H16N4O. The highest BCUT2D eigenvalue weighted by Gasteiger charge is 2.16. The number of nitrogens with one attached hydrogen (secondary N) is 1. The van der Waals surface area contributed by atoms with Gasteiger partial charge in [-0.1, -0.05) is 0 Å². The molecule has 3 N–H and O–H groups in total. The Labute approximate surface area is 94.6 Å². The van der Waals surface area contributed by atoms with Gasteiger partial charge in [0.2, 0.25) is 0 Å². The van der Waals surface area contributed by atoms with Crippen LogP contribution in [0.25, 0.3) is 0 Å². The van der Waals surface area contributed by atoms with Crippen molar-refractivity contribution in [3.8, 4) is 0 Å². The SMILES string of the molecule is C[C@@H]1CN(c2ccnc(C(N)=O)c2)CCN1. The van der Waals surface area contributed by atoms with Crippen LogP contribution in [0.1, 0.15) is 17.4 Å². The summed E-state index contributed by atoms with van der Waals surface area (Å²) >= 11 is 0. The fourth-order valence-corrected chi connectivity index (χ4v) is 1.92. The quantitative estimate of drug-likeness (QED) is 0.734. The topological polar surface area (TPSA) is 71.2 Å². The van der Waals surface area contributed by atoms with Crippen molar-refractivity contribution in [3.63, 3.8) is 0 Å². The molecule has 86 valence electrons. The summed E-state index contributed by atoms with van der Waals surface area (Å²) in [6, 6.07) is 4.11. The third-order valence-electron chi connectivity index (χ3n) is 2.73. The van der Waals surface area contributed by atoms with E-state index in [2.05, 4.69) is 22.1 Å². The van der Waals surface area contributed by atoms with Gasteiger partial charge in [0, 0.05) is 37.6 Å². The molecular weight excluding hydrogens is 204 g/mol. The number of hydrogen-bond donors (Lipinski definition) is 2. The lowest BCUT2D eigenvalue weighted by Gasteiger charge is -2.33. The molecule has 1 aromatic heterocycles. The van der Waals surface area contributed by atoms with E-state index in [1.54, 1.807) is 12.3 Å². The molecule has 1 fully saturated rings. The number of nitrogens with two attached hydrogens (primary N) is 1. The Balaban J connectivity index is 2.19. The van der Waals surface area contributed by atoms with Crippen LogP contribution in [0.4, 0.5) is 5.69 Å². The van der Waals surface area contributed by atoms with Crippen molar-refractivity contribution < 1.29 is 4.79 Å². The Morgan fingerprint density at radius 3 is 3.19 bits per heavy atom. The second-order valence-electron chi connectivity index (χ2n) is 4.06. The molecule has 0 aromatic carbocycles. The Morgan fingerprint density at radius 2 is 2.50 bits per heavy atom. The number of nitrogens with zero attached hydrogens (tertiary/aromatic N) is 2. The van der Waals surface area contributed by atoms with E-state index in [0.717, 1.165) is 25.3 Å². The molecule has 16 heavy (non-hydrogen) atoms. The molecule has 2 rings (SSSR count). The summed E-state index contributed by atoms with van der Waals surface area (Å²) in [7, 11) is 0. The maximum atomic E-state index is 11.0. The van der Waals surface area contributed by atoms with Crippen molar-refractivity contribution in [2.45, 2.75) is 13.0 Å². The van der Waals surface area contributed by atoms with Crippen LogP contribution < -0.4 is 16.0 Å². The third-order valence-corrected chi connectivity index (χ3v) is 2.73. The molecule has 0 saturated carbocycles. The molecule has 0 unspecified atom stereocenters. The molecule has 1 aromatic rings. The van der Waals surface area contributed by atoms with E-state index in [1.807, 2.05) is 6.07 Å². The maximum absolute atomic E-state index is 11.0. The minimum Gasteiger partial charge on any atom is -0.369 e. The van der Waals surface area contributed by atoms with Gasteiger partial charge in [0.1, 0.15) is 5.69 Å². The number of hydrogen-bond acceptors (Lipinski definition) is 4. The largest absolute Gasteiger partial charge is 0.369 e. The van der Waals surface area contributed by atoms with Crippen LogP contribution >= 0.6 is 0 Å². The summed E-state index contributed by atoms with van der Waals surface area (Å²) in [5, 5.41) is 3.37. The van der Waals surface area contributed by atoms with Gasteiger partial charge in [0.25, 0.3) is 5.91 Å². The number of anilines is 1. The number of primary amides is 1. The highest BCUT2D eigenvalue weighted by atomic mass is 16.1. The van der Waals surface area contributed by atoms with E-state index in [9.17, 15) is 4.79 Å². The van der Waals surface area contributed by atoms with E-state index < -0.39 is 5.91 Å². The van der Waals surface area contributed by atoms with E-state index in [-0.39, 0.29) is 0 Å². The summed E-state index contributed by atoms with van der Waals surface area (Å²) in [5.74, 6) is -0.481. The van der Waals surface area contributed by atoms with Gasteiger partial charge in [-0.25, -0.2) is 0 Å². The summed E-state index contributed by atoms with van der Waals surface area (Å²) in [5.41, 5.74) is 6.54. The van der Waals surface area contributed by atoms with Crippen molar-refractivity contribution in [1.29, 1.82) is 0 Å². The minimum absolute atomic E-state index is 0.323. The van der Waals surface area contributed by atoms with Crippen molar-refractivity contribution in [3.05, 3.63) is 24.0 Å². The number of aromatic nitrogens is 1. The van der Waals surface area contributed by atoms with E-state index in [0.29, 0.717) is 11.7 Å². The second kappa shape index (κ2) is 4.49. The first-order valence-electron chi connectivity index (χ1n) is 5.41. The molecule has 0 bridgehead atoms. The molecule has 5 nitrogen and oxygen atoms in total. The third kappa shape index (κ3) is 2.30. The van der Waals surface area contributed by atoms with Crippen molar-refractivity contribution in [2.24, 2.45) is 5.73 Å². The van der Waals surface area contributed by atoms with Crippen LogP contribution in [-0.4, -0.2) is 36.6 Å². The number of piperazine rings is 1. The van der Waals surface area contributed by atoms with E-state index >= 15 is 0 Å². The number of carbonyl (C=O) groups is 1. The lowest BCUT2D eigenvalue weighted by atomic mass is 10.2. The van der Waals surface area contributed by atoms with Crippen LogP contribution in [-0.2, 0) is 0 Å². The van der Waals surface area contributed by atoms with Crippen molar-refractivity contribution in [2.75, 3.05) is 24.5 Å². The van der Waals surface area contributed by atoms with Gasteiger partial charge in [-0.05, 0) is 19.1 Å². The van der Waals surface area contributed by atoms with Crippen LogP contribution in [0, 0.1) is 0 Å². The molecule has 1 aliphatic rings. The lowest BCUT2D eigenvalue weighted by molar-refractivity contribution is 0.0995. The van der Waals surface area contributed by atoms with Gasteiger partial charge in [-0.15, -0.1) is 0 Å². The molecule has 0 spiro atoms. The first kappa shape index (κ1) is 10.9. The van der Waals surface area contributed by atoms with Gasteiger partial charge < -0.3 is 16.0 Å². The van der Waals surface area contributed by atoms with E-state index in [4.69, 9.17) is 5.73 Å². The first-order chi connectivity index (χ1) is 7.66. The number of rotatable bonds is 2. The summed E-state index contributed by atoms with van der Waals surface area (Å²) < 4.78 is 0. The predicted molar refractivity (Wildman–Crippen MR) is 62.4 cm³/mol. The number of carbonyl (C=O) groups excluding carboxylic acids is 1. The second-order valence-corrected chi connectivity index (χ2v) is 4.06. The number of amides is 1. The zero-order valence-electron chi connectivity index (χ0n) is 9.31. The molecule has 0 aliphatic carbocycles. The fraction of sp³-hybridized carbons (Fsp3) is 0.455. The van der Waals surface area contributed by atoms with Crippen LogP contribution in [0.3, 0.4) is 0 Å². The lowest BCUT2D eigenvalue weighted by Crippen LogP contribution is -2.49. The van der Waals surface area contributed by atoms with E-state index in [1.165, 1.54) is 0 Å². The highest BCUT2D eigenvalue weighted by molar-refractivity contribution is 5.91. The summed E-state index contributed by atoms with van der Waals surface area (Å²) in [6.45, 7) is 4.96. The zero-order chi connectivity index (χ0) is 11.5. The minimum atomic E-state index is -0.481. The van der Waals surface area contributed by atoms with Crippen LogP contribution in [0.15, 0.2) is 18.3 Å². The number of pyridine rings is 1. The smallest absolute Gasteiger partial charge is 0.267 e. The van der Waals surface area contributed by atoms with Gasteiger partial charge in [0.05, 0.1) is 0 Å². The monoisotopic (exact) mass is 220 g/mol. The van der Waals surface area contributed by atoms with Crippen molar-refractivity contribution >= 4 is 11.6 Å². The molecule has 1 saturated heterocycles. The fourth-order valence-electron chi connectivity index (χ4n) is 1.92.